The summed E-state index contributed by atoms with van der Waals surface area (Å²) in [7, 11) is 0. The van der Waals surface area contributed by atoms with Gasteiger partial charge in [-0.3, -0.25) is 4.79 Å². The van der Waals surface area contributed by atoms with Crippen molar-refractivity contribution in [1.29, 1.82) is 0 Å². The molecule has 1 aliphatic rings. The van der Waals surface area contributed by atoms with Gasteiger partial charge in [0.2, 0.25) is 0 Å². The highest BCUT2D eigenvalue weighted by molar-refractivity contribution is 5.87. The fourth-order valence-electron chi connectivity index (χ4n) is 2.71. The Bertz CT molecular complexity index is 527. The fraction of sp³-hybridized carbons (Fsp3) is 0.643. The largest absolute Gasteiger partial charge is 0.481 e. The van der Waals surface area contributed by atoms with Crippen LogP contribution in [0.2, 0.25) is 0 Å². The van der Waals surface area contributed by atoms with Crippen molar-refractivity contribution in [3.05, 3.63) is 12.0 Å². The Balaban J connectivity index is 2.11. The van der Waals surface area contributed by atoms with Gasteiger partial charge in [-0.05, 0) is 19.8 Å². The lowest BCUT2D eigenvalue weighted by Crippen LogP contribution is -2.34. The number of rotatable bonds is 6. The Hall–Kier alpha value is -2.05. The Kier molecular flexibility index (Phi) is 4.50. The zero-order valence-electron chi connectivity index (χ0n) is 12.3. The second-order valence-electron chi connectivity index (χ2n) is 5.24. The molecular weight excluding hydrogens is 276 g/mol. The van der Waals surface area contributed by atoms with Crippen LogP contribution in [0.3, 0.4) is 0 Å². The van der Waals surface area contributed by atoms with Gasteiger partial charge in [-0.1, -0.05) is 13.3 Å². The predicted molar refractivity (Wildman–Crippen MR) is 74.3 cm³/mol. The molecule has 1 fully saturated rings. The molecule has 1 atom stereocenters. The van der Waals surface area contributed by atoms with E-state index in [-0.39, 0.29) is 18.3 Å². The first-order valence-electron chi connectivity index (χ1n) is 7.13. The van der Waals surface area contributed by atoms with Gasteiger partial charge in [0.25, 0.3) is 6.01 Å². The molecule has 2 rings (SSSR count). The molecule has 1 saturated heterocycles. The summed E-state index contributed by atoms with van der Waals surface area (Å²) in [4.78, 5) is 28.9. The molecule has 1 aliphatic heterocycles. The number of oxazole rings is 1. The number of hydrogen-bond acceptors (Lipinski definition) is 6. The van der Waals surface area contributed by atoms with Crippen molar-refractivity contribution in [2.75, 3.05) is 24.6 Å². The first-order chi connectivity index (χ1) is 10.0. The highest BCUT2D eigenvalue weighted by atomic mass is 16.5. The molecule has 7 heteroatoms. The molecule has 0 aliphatic carbocycles. The van der Waals surface area contributed by atoms with E-state index in [9.17, 15) is 14.7 Å². The lowest BCUT2D eigenvalue weighted by molar-refractivity contribution is -0.148. The molecular formula is C14H20N2O5. The van der Waals surface area contributed by atoms with Crippen molar-refractivity contribution in [3.63, 3.8) is 0 Å². The van der Waals surface area contributed by atoms with Crippen molar-refractivity contribution in [2.45, 2.75) is 33.1 Å². The van der Waals surface area contributed by atoms with Gasteiger partial charge in [-0.25, -0.2) is 4.79 Å². The number of anilines is 1. The number of nitrogens with zero attached hydrogens (tertiary/aromatic N) is 2. The third-order valence-electron chi connectivity index (χ3n) is 3.78. The maximum Gasteiger partial charge on any atom is 0.360 e. The van der Waals surface area contributed by atoms with Crippen molar-refractivity contribution >= 4 is 18.0 Å². The Labute approximate surface area is 122 Å². The topological polar surface area (TPSA) is 92.9 Å². The monoisotopic (exact) mass is 296 g/mol. The summed E-state index contributed by atoms with van der Waals surface area (Å²) in [6.07, 6.45) is 3.21. The zero-order valence-corrected chi connectivity index (χ0v) is 12.3. The van der Waals surface area contributed by atoms with E-state index in [1.165, 1.54) is 6.26 Å². The summed E-state index contributed by atoms with van der Waals surface area (Å²) in [6, 6.07) is 0.275. The van der Waals surface area contributed by atoms with Crippen LogP contribution in [-0.4, -0.2) is 41.7 Å². The SMILES string of the molecule is CCCC1(C(=O)O)CCN(c2nc(C(=O)OCC)co2)C1. The van der Waals surface area contributed by atoms with E-state index in [1.807, 2.05) is 6.92 Å². The highest BCUT2D eigenvalue weighted by Gasteiger charge is 2.45. The van der Waals surface area contributed by atoms with E-state index in [4.69, 9.17) is 9.15 Å². The Morgan fingerprint density at radius 2 is 2.29 bits per heavy atom. The van der Waals surface area contributed by atoms with Crippen LogP contribution in [0.4, 0.5) is 6.01 Å². The lowest BCUT2D eigenvalue weighted by Gasteiger charge is -2.23. The first-order valence-corrected chi connectivity index (χ1v) is 7.13. The first kappa shape index (κ1) is 15.3. The summed E-state index contributed by atoms with van der Waals surface area (Å²) in [5.74, 6) is -1.33. The van der Waals surface area contributed by atoms with E-state index in [2.05, 4.69) is 4.98 Å². The van der Waals surface area contributed by atoms with Crippen molar-refractivity contribution < 1.29 is 23.8 Å². The summed E-state index contributed by atoms with van der Waals surface area (Å²) in [6.45, 7) is 4.85. The second-order valence-corrected chi connectivity index (χ2v) is 5.24. The van der Waals surface area contributed by atoms with Gasteiger partial charge in [0.05, 0.1) is 12.0 Å². The molecule has 1 aromatic rings. The van der Waals surface area contributed by atoms with Crippen LogP contribution in [0.1, 0.15) is 43.6 Å². The van der Waals surface area contributed by atoms with E-state index < -0.39 is 17.4 Å². The van der Waals surface area contributed by atoms with Gasteiger partial charge in [-0.2, -0.15) is 4.98 Å². The number of esters is 1. The lowest BCUT2D eigenvalue weighted by atomic mass is 9.83. The highest BCUT2D eigenvalue weighted by Crippen LogP contribution is 2.37. The molecule has 0 amide bonds. The molecule has 21 heavy (non-hydrogen) atoms. The predicted octanol–water partition coefficient (Wildman–Crippen LogP) is 1.93. The fourth-order valence-corrected chi connectivity index (χ4v) is 2.71. The number of carbonyl (C=O) groups excluding carboxylic acids is 1. The molecule has 0 saturated carbocycles. The maximum atomic E-state index is 11.6. The molecule has 2 heterocycles. The number of aromatic nitrogens is 1. The van der Waals surface area contributed by atoms with E-state index in [1.54, 1.807) is 11.8 Å². The normalized spacial score (nSPS) is 21.5. The second kappa shape index (κ2) is 6.15. The number of hydrogen-bond donors (Lipinski definition) is 1. The number of carbonyl (C=O) groups is 2. The van der Waals surface area contributed by atoms with Gasteiger partial charge in [0.1, 0.15) is 6.26 Å². The number of ether oxygens (including phenoxy) is 1. The van der Waals surface area contributed by atoms with Crippen molar-refractivity contribution in [2.24, 2.45) is 5.41 Å². The summed E-state index contributed by atoms with van der Waals surface area (Å²) in [5.41, 5.74) is -0.650. The molecule has 7 nitrogen and oxygen atoms in total. The van der Waals surface area contributed by atoms with E-state index in [0.717, 1.165) is 6.42 Å². The summed E-state index contributed by atoms with van der Waals surface area (Å²) >= 11 is 0. The van der Waals surface area contributed by atoms with Crippen molar-refractivity contribution in [1.82, 2.24) is 4.98 Å². The summed E-state index contributed by atoms with van der Waals surface area (Å²) < 4.78 is 10.1. The van der Waals surface area contributed by atoms with E-state index >= 15 is 0 Å². The maximum absolute atomic E-state index is 11.6. The third kappa shape index (κ3) is 3.01. The minimum absolute atomic E-state index is 0.107. The van der Waals surface area contributed by atoms with Gasteiger partial charge in [0, 0.05) is 13.1 Å². The minimum atomic E-state index is -0.788. The van der Waals surface area contributed by atoms with Crippen LogP contribution in [0.15, 0.2) is 10.7 Å². The van der Waals surface area contributed by atoms with Crippen LogP contribution < -0.4 is 4.90 Å². The van der Waals surface area contributed by atoms with Gasteiger partial charge < -0.3 is 19.2 Å². The summed E-state index contributed by atoms with van der Waals surface area (Å²) in [5, 5.41) is 9.47. The molecule has 1 aromatic heterocycles. The van der Waals surface area contributed by atoms with Gasteiger partial charge in [0.15, 0.2) is 5.69 Å². The van der Waals surface area contributed by atoms with Crippen molar-refractivity contribution in [3.8, 4) is 0 Å². The molecule has 1 unspecified atom stereocenters. The van der Waals surface area contributed by atoms with Gasteiger partial charge >= 0.3 is 11.9 Å². The molecule has 0 radical (unpaired) electrons. The number of carboxylic acids is 1. The Morgan fingerprint density at radius 1 is 1.52 bits per heavy atom. The smallest absolute Gasteiger partial charge is 0.360 e. The quantitative estimate of drug-likeness (QED) is 0.802. The van der Waals surface area contributed by atoms with Crippen LogP contribution in [0, 0.1) is 5.41 Å². The molecule has 1 N–H and O–H groups in total. The Morgan fingerprint density at radius 3 is 2.90 bits per heavy atom. The van der Waals surface area contributed by atoms with Gasteiger partial charge in [-0.15, -0.1) is 0 Å². The average molecular weight is 296 g/mol. The van der Waals surface area contributed by atoms with E-state index in [0.29, 0.717) is 25.9 Å². The van der Waals surface area contributed by atoms with Crippen LogP contribution in [-0.2, 0) is 9.53 Å². The van der Waals surface area contributed by atoms with Crippen LogP contribution in [0.25, 0.3) is 0 Å². The van der Waals surface area contributed by atoms with Crippen LogP contribution >= 0.6 is 0 Å². The van der Waals surface area contributed by atoms with Crippen LogP contribution in [0.5, 0.6) is 0 Å². The standard InChI is InChI=1S/C14H20N2O5/c1-3-5-14(12(18)19)6-7-16(9-14)13-15-10(8-21-13)11(17)20-4-2/h8H,3-7,9H2,1-2H3,(H,18,19). The zero-order chi connectivity index (χ0) is 15.5. The minimum Gasteiger partial charge on any atom is -0.481 e. The molecule has 0 spiro atoms. The molecule has 0 aromatic carbocycles. The number of carboxylic acid groups (broad SMARTS) is 1. The molecule has 116 valence electrons. The third-order valence-corrected chi connectivity index (χ3v) is 3.78. The number of aliphatic carboxylic acids is 1. The molecule has 0 bridgehead atoms. The average Bonchev–Trinajstić information content (AvgIpc) is 3.06.